The summed E-state index contributed by atoms with van der Waals surface area (Å²) in [6.07, 6.45) is -6.38. The number of hydrogen-bond donors (Lipinski definition) is 3. The summed E-state index contributed by atoms with van der Waals surface area (Å²) in [5.41, 5.74) is 5.40. The van der Waals surface area contributed by atoms with Gasteiger partial charge in [-0.1, -0.05) is 6.07 Å². The maximum atomic E-state index is 12.1. The molecule has 0 aliphatic heterocycles. The van der Waals surface area contributed by atoms with E-state index in [1.165, 1.54) is 18.2 Å². The van der Waals surface area contributed by atoms with Gasteiger partial charge in [-0.2, -0.15) is 13.2 Å². The Morgan fingerprint density at radius 3 is 2.47 bits per heavy atom. The molecule has 0 spiro atoms. The molecule has 1 aromatic rings. The number of anilines is 2. The molecular weight excluding hydrogens is 285 g/mol. The molecule has 0 radical (unpaired) electrons. The van der Waals surface area contributed by atoms with E-state index in [9.17, 15) is 21.6 Å². The lowest BCUT2D eigenvalue weighted by atomic mass is 10.2. The molecule has 0 heterocycles. The molecule has 5 nitrogen and oxygen atoms in total. The van der Waals surface area contributed by atoms with E-state index in [2.05, 4.69) is 5.32 Å². The zero-order valence-corrected chi connectivity index (χ0v) is 10.7. The Bertz CT molecular complexity index is 558. The van der Waals surface area contributed by atoms with Crippen LogP contribution >= 0.6 is 0 Å². The Kier molecular flexibility index (Phi) is 4.31. The number of nitrogens with one attached hydrogen (secondary N) is 1. The minimum Gasteiger partial charge on any atom is -0.396 e. The number of nitrogens with two attached hydrogens (primary N) is 1. The first kappa shape index (κ1) is 15.6. The first-order chi connectivity index (χ1) is 8.53. The quantitative estimate of drug-likeness (QED) is 0.721. The lowest BCUT2D eigenvalue weighted by molar-refractivity contribution is -0.198. The van der Waals surface area contributed by atoms with Gasteiger partial charge in [0.25, 0.3) is 0 Å². The van der Waals surface area contributed by atoms with E-state index >= 15 is 0 Å². The van der Waals surface area contributed by atoms with Crippen molar-refractivity contribution in [1.29, 1.82) is 0 Å². The van der Waals surface area contributed by atoms with Gasteiger partial charge in [-0.15, -0.1) is 0 Å². The summed E-state index contributed by atoms with van der Waals surface area (Å²) < 4.78 is 59.0. The highest BCUT2D eigenvalue weighted by atomic mass is 32.2. The molecule has 108 valence electrons. The topological polar surface area (TPSA) is 92.4 Å². The van der Waals surface area contributed by atoms with Gasteiger partial charge < -0.3 is 16.2 Å². The van der Waals surface area contributed by atoms with Crippen LogP contribution in [0.5, 0.6) is 0 Å². The van der Waals surface area contributed by atoms with Crippen molar-refractivity contribution in [3.8, 4) is 0 Å². The zero-order chi connectivity index (χ0) is 14.8. The Morgan fingerprint density at radius 2 is 2.00 bits per heavy atom. The molecule has 0 amide bonds. The van der Waals surface area contributed by atoms with E-state index < -0.39 is 28.7 Å². The molecular formula is C10H13F3N2O3S. The van der Waals surface area contributed by atoms with E-state index in [1.54, 1.807) is 0 Å². The Hall–Kier alpha value is -1.48. The van der Waals surface area contributed by atoms with Crippen LogP contribution in [0, 0.1) is 0 Å². The van der Waals surface area contributed by atoms with Crippen LogP contribution in [0.2, 0.25) is 0 Å². The van der Waals surface area contributed by atoms with Gasteiger partial charge in [-0.05, 0) is 12.1 Å². The number of benzene rings is 1. The van der Waals surface area contributed by atoms with Crippen molar-refractivity contribution < 1.29 is 26.7 Å². The molecule has 0 saturated carbocycles. The number of aliphatic hydroxyl groups is 1. The first-order valence-electron chi connectivity index (χ1n) is 5.10. The highest BCUT2D eigenvalue weighted by Gasteiger charge is 2.37. The summed E-state index contributed by atoms with van der Waals surface area (Å²) in [5, 5.41) is 11.1. The highest BCUT2D eigenvalue weighted by molar-refractivity contribution is 7.90. The predicted octanol–water partition coefficient (Wildman–Crippen LogP) is 1.01. The maximum Gasteiger partial charge on any atom is 0.416 e. The van der Waals surface area contributed by atoms with Crippen molar-refractivity contribution in [2.24, 2.45) is 0 Å². The fraction of sp³-hybridized carbons (Fsp3) is 0.400. The largest absolute Gasteiger partial charge is 0.416 e. The Labute approximate surface area is 108 Å². The van der Waals surface area contributed by atoms with Crippen LogP contribution in [-0.2, 0) is 9.84 Å². The second kappa shape index (κ2) is 5.25. The highest BCUT2D eigenvalue weighted by Crippen LogP contribution is 2.27. The maximum absolute atomic E-state index is 12.1. The number of hydrogen-bond acceptors (Lipinski definition) is 5. The SMILES string of the molecule is CS(=O)(=O)c1cccc(NCC(O)C(F)(F)F)c1N. The minimum absolute atomic E-state index is 0.0197. The number of sulfone groups is 1. The lowest BCUT2D eigenvalue weighted by Crippen LogP contribution is -2.35. The van der Waals surface area contributed by atoms with Crippen LogP contribution in [0.1, 0.15) is 0 Å². The van der Waals surface area contributed by atoms with E-state index in [0.717, 1.165) is 6.26 Å². The van der Waals surface area contributed by atoms with E-state index in [0.29, 0.717) is 0 Å². The lowest BCUT2D eigenvalue weighted by Gasteiger charge is -2.17. The second-order valence-electron chi connectivity index (χ2n) is 3.93. The number of halogens is 3. The van der Waals surface area contributed by atoms with Crippen LogP contribution in [-0.4, -0.2) is 38.6 Å². The third-order valence-electron chi connectivity index (χ3n) is 2.33. The molecule has 0 aliphatic carbocycles. The smallest absolute Gasteiger partial charge is 0.396 e. The van der Waals surface area contributed by atoms with Crippen LogP contribution in [0.4, 0.5) is 24.5 Å². The fourth-order valence-corrected chi connectivity index (χ4v) is 2.18. The third-order valence-corrected chi connectivity index (χ3v) is 3.48. The molecule has 0 bridgehead atoms. The van der Waals surface area contributed by atoms with E-state index in [1.807, 2.05) is 0 Å². The summed E-state index contributed by atoms with van der Waals surface area (Å²) >= 11 is 0. The number of aliphatic hydroxyl groups excluding tert-OH is 1. The number of nitrogen functional groups attached to an aromatic ring is 1. The standard InChI is InChI=1S/C10H13F3N2O3S/c1-19(17,18)7-4-2-3-6(9(7)14)15-5-8(16)10(11,12)13/h2-4,8,15-16H,5,14H2,1H3. The van der Waals surface area contributed by atoms with Crippen molar-refractivity contribution in [1.82, 2.24) is 0 Å². The van der Waals surface area contributed by atoms with Gasteiger partial charge in [0.15, 0.2) is 15.9 Å². The third kappa shape index (κ3) is 4.00. The van der Waals surface area contributed by atoms with E-state index in [-0.39, 0.29) is 16.3 Å². The first-order valence-corrected chi connectivity index (χ1v) is 7.00. The summed E-state index contributed by atoms with van der Waals surface area (Å²) in [7, 11) is -3.57. The molecule has 0 aliphatic rings. The molecule has 1 rings (SSSR count). The van der Waals surface area contributed by atoms with Crippen LogP contribution in [0.25, 0.3) is 0 Å². The average molecular weight is 298 g/mol. The summed E-state index contributed by atoms with van der Waals surface area (Å²) in [6, 6.07) is 3.91. The molecule has 4 N–H and O–H groups in total. The number of rotatable bonds is 4. The van der Waals surface area contributed by atoms with Crippen LogP contribution in [0.3, 0.4) is 0 Å². The van der Waals surface area contributed by atoms with Gasteiger partial charge in [0.1, 0.15) is 0 Å². The summed E-state index contributed by atoms with van der Waals surface area (Å²) in [4.78, 5) is -0.181. The summed E-state index contributed by atoms with van der Waals surface area (Å²) in [6.45, 7) is -0.819. The fourth-order valence-electron chi connectivity index (χ4n) is 1.34. The van der Waals surface area contributed by atoms with E-state index in [4.69, 9.17) is 10.8 Å². The molecule has 0 saturated heterocycles. The van der Waals surface area contributed by atoms with Crippen molar-refractivity contribution in [3.05, 3.63) is 18.2 Å². The Balaban J connectivity index is 2.93. The Morgan fingerprint density at radius 1 is 1.42 bits per heavy atom. The second-order valence-corrected chi connectivity index (χ2v) is 5.91. The molecule has 19 heavy (non-hydrogen) atoms. The van der Waals surface area contributed by atoms with Crippen molar-refractivity contribution in [2.45, 2.75) is 17.2 Å². The molecule has 0 aromatic heterocycles. The predicted molar refractivity (Wildman–Crippen MR) is 64.5 cm³/mol. The molecule has 1 atom stereocenters. The van der Waals surface area contributed by atoms with Gasteiger partial charge in [-0.25, -0.2) is 8.42 Å². The van der Waals surface area contributed by atoms with Gasteiger partial charge in [0.05, 0.1) is 16.3 Å². The number of para-hydroxylation sites is 1. The van der Waals surface area contributed by atoms with Gasteiger partial charge >= 0.3 is 6.18 Å². The van der Waals surface area contributed by atoms with Gasteiger partial charge in [0.2, 0.25) is 0 Å². The van der Waals surface area contributed by atoms with Crippen LogP contribution in [0.15, 0.2) is 23.1 Å². The molecule has 9 heteroatoms. The molecule has 1 unspecified atom stereocenters. The monoisotopic (exact) mass is 298 g/mol. The average Bonchev–Trinajstić information content (AvgIpc) is 2.24. The van der Waals surface area contributed by atoms with Crippen molar-refractivity contribution in [2.75, 3.05) is 23.9 Å². The molecule has 0 fully saturated rings. The minimum atomic E-state index is -4.75. The van der Waals surface area contributed by atoms with Gasteiger partial charge in [0, 0.05) is 12.8 Å². The number of alkyl halides is 3. The van der Waals surface area contributed by atoms with Crippen molar-refractivity contribution in [3.63, 3.8) is 0 Å². The zero-order valence-electron chi connectivity index (χ0n) is 9.90. The normalized spacial score (nSPS) is 14.2. The molecule has 1 aromatic carbocycles. The van der Waals surface area contributed by atoms with Crippen molar-refractivity contribution >= 4 is 21.2 Å². The van der Waals surface area contributed by atoms with Gasteiger partial charge in [-0.3, -0.25) is 0 Å². The van der Waals surface area contributed by atoms with Crippen LogP contribution < -0.4 is 11.1 Å². The summed E-state index contributed by atoms with van der Waals surface area (Å²) in [5.74, 6) is 0.